The number of benzene rings is 1. The lowest BCUT2D eigenvalue weighted by Gasteiger charge is -2.13. The van der Waals surface area contributed by atoms with Crippen LogP contribution in [0.3, 0.4) is 0 Å². The third-order valence-electron chi connectivity index (χ3n) is 2.82. The summed E-state index contributed by atoms with van der Waals surface area (Å²) >= 11 is 3.38. The molecule has 1 aromatic carbocycles. The van der Waals surface area contributed by atoms with Gasteiger partial charge in [-0.3, -0.25) is 4.79 Å². The first kappa shape index (κ1) is 10.6. The van der Waals surface area contributed by atoms with Crippen LogP contribution in [0, 0.1) is 0 Å². The van der Waals surface area contributed by atoms with Crippen LogP contribution >= 0.6 is 15.9 Å². The van der Waals surface area contributed by atoms with Crippen molar-refractivity contribution in [2.24, 2.45) is 5.73 Å². The highest BCUT2D eigenvalue weighted by Gasteiger charge is 2.23. The predicted octanol–water partition coefficient (Wildman–Crippen LogP) is 2.02. The Kier molecular flexibility index (Phi) is 2.80. The second-order valence-corrected chi connectivity index (χ2v) is 4.72. The van der Waals surface area contributed by atoms with Gasteiger partial charge >= 0.3 is 5.97 Å². The van der Waals surface area contributed by atoms with Crippen LogP contribution in [0.1, 0.15) is 29.2 Å². The summed E-state index contributed by atoms with van der Waals surface area (Å²) in [4.78, 5) is 10.9. The third-order valence-corrected chi connectivity index (χ3v) is 3.27. The van der Waals surface area contributed by atoms with Gasteiger partial charge in [-0.1, -0.05) is 15.9 Å². The number of aliphatic carboxylic acids is 1. The molecule has 0 aromatic heterocycles. The maximum atomic E-state index is 10.9. The van der Waals surface area contributed by atoms with Crippen LogP contribution in [0.25, 0.3) is 0 Å². The first-order chi connectivity index (χ1) is 7.09. The number of halogens is 1. The molecule has 4 heteroatoms. The molecule has 3 nitrogen and oxygen atoms in total. The summed E-state index contributed by atoms with van der Waals surface area (Å²) in [6, 6.07) is 2.97. The Morgan fingerprint density at radius 1 is 1.47 bits per heavy atom. The summed E-state index contributed by atoms with van der Waals surface area (Å²) in [5.74, 6) is -0.970. The Hall–Kier alpha value is -0.870. The second-order valence-electron chi connectivity index (χ2n) is 3.80. The lowest BCUT2D eigenvalue weighted by molar-refractivity contribution is -0.138. The van der Waals surface area contributed by atoms with Crippen LogP contribution < -0.4 is 5.73 Å². The minimum atomic E-state index is -0.970. The molecular formula is C11H12BrNO2. The van der Waals surface area contributed by atoms with E-state index < -0.39 is 12.0 Å². The van der Waals surface area contributed by atoms with Gasteiger partial charge in [0.15, 0.2) is 0 Å². The van der Waals surface area contributed by atoms with Crippen molar-refractivity contribution in [3.8, 4) is 0 Å². The van der Waals surface area contributed by atoms with Gasteiger partial charge in [0, 0.05) is 4.47 Å². The van der Waals surface area contributed by atoms with Crippen molar-refractivity contribution < 1.29 is 9.90 Å². The van der Waals surface area contributed by atoms with E-state index in [-0.39, 0.29) is 0 Å². The topological polar surface area (TPSA) is 63.3 Å². The van der Waals surface area contributed by atoms with Gasteiger partial charge < -0.3 is 10.8 Å². The van der Waals surface area contributed by atoms with Crippen LogP contribution in [0.5, 0.6) is 0 Å². The monoisotopic (exact) mass is 269 g/mol. The van der Waals surface area contributed by atoms with Gasteiger partial charge in [0.05, 0.1) is 0 Å². The lowest BCUT2D eigenvalue weighted by Crippen LogP contribution is -2.22. The molecule has 0 bridgehead atoms. The smallest absolute Gasteiger partial charge is 0.325 e. The van der Waals surface area contributed by atoms with E-state index >= 15 is 0 Å². The Morgan fingerprint density at radius 3 is 2.87 bits per heavy atom. The first-order valence-corrected chi connectivity index (χ1v) is 5.68. The number of rotatable bonds is 2. The summed E-state index contributed by atoms with van der Waals surface area (Å²) in [6.07, 6.45) is 3.05. The average Bonchev–Trinajstić information content (AvgIpc) is 2.62. The van der Waals surface area contributed by atoms with Crippen molar-refractivity contribution in [1.29, 1.82) is 0 Å². The van der Waals surface area contributed by atoms with Gasteiger partial charge in [-0.15, -0.1) is 0 Å². The zero-order valence-electron chi connectivity index (χ0n) is 8.16. The Balaban J connectivity index is 2.51. The third kappa shape index (κ3) is 1.92. The highest BCUT2D eigenvalue weighted by atomic mass is 79.9. The molecule has 0 radical (unpaired) electrons. The Labute approximate surface area is 96.4 Å². The van der Waals surface area contributed by atoms with Crippen LogP contribution in [-0.4, -0.2) is 11.1 Å². The number of carboxylic acid groups (broad SMARTS) is 1. The molecule has 0 heterocycles. The SMILES string of the molecule is NC(C(=O)O)c1cc(Br)cc2c1CCC2. The van der Waals surface area contributed by atoms with E-state index in [4.69, 9.17) is 10.8 Å². The number of nitrogens with two attached hydrogens (primary N) is 1. The number of fused-ring (bicyclic) bond motifs is 1. The largest absolute Gasteiger partial charge is 0.480 e. The Bertz CT molecular complexity index is 417. The maximum Gasteiger partial charge on any atom is 0.325 e. The van der Waals surface area contributed by atoms with Crippen LogP contribution in [-0.2, 0) is 17.6 Å². The zero-order valence-corrected chi connectivity index (χ0v) is 9.75. The number of carboxylic acids is 1. The predicted molar refractivity (Wildman–Crippen MR) is 60.7 cm³/mol. The molecule has 3 N–H and O–H groups in total. The molecule has 0 fully saturated rings. The average molecular weight is 270 g/mol. The molecule has 1 unspecified atom stereocenters. The van der Waals surface area contributed by atoms with Gasteiger partial charge in [-0.2, -0.15) is 0 Å². The quantitative estimate of drug-likeness (QED) is 0.864. The maximum absolute atomic E-state index is 10.9. The van der Waals surface area contributed by atoms with Crippen LogP contribution in [0.2, 0.25) is 0 Å². The molecule has 0 saturated heterocycles. The molecule has 1 aromatic rings. The van der Waals surface area contributed by atoms with Gasteiger partial charge in [-0.05, 0) is 48.1 Å². The molecule has 0 spiro atoms. The van der Waals surface area contributed by atoms with Crippen molar-refractivity contribution >= 4 is 21.9 Å². The summed E-state index contributed by atoms with van der Waals surface area (Å²) in [5.41, 5.74) is 8.78. The summed E-state index contributed by atoms with van der Waals surface area (Å²) in [5, 5.41) is 8.92. The van der Waals surface area contributed by atoms with E-state index in [0.717, 1.165) is 34.9 Å². The van der Waals surface area contributed by atoms with Crippen molar-refractivity contribution in [3.05, 3.63) is 33.3 Å². The lowest BCUT2D eigenvalue weighted by atomic mass is 9.98. The van der Waals surface area contributed by atoms with E-state index in [2.05, 4.69) is 22.0 Å². The van der Waals surface area contributed by atoms with E-state index in [1.807, 2.05) is 6.07 Å². The molecule has 0 aliphatic heterocycles. The van der Waals surface area contributed by atoms with E-state index in [1.54, 1.807) is 0 Å². The van der Waals surface area contributed by atoms with Gasteiger partial charge in [0.25, 0.3) is 0 Å². The van der Waals surface area contributed by atoms with E-state index in [1.165, 1.54) is 5.56 Å². The second kappa shape index (κ2) is 3.94. The molecule has 80 valence electrons. The van der Waals surface area contributed by atoms with Crippen LogP contribution in [0.15, 0.2) is 16.6 Å². The molecule has 0 saturated carbocycles. The van der Waals surface area contributed by atoms with E-state index in [9.17, 15) is 4.79 Å². The van der Waals surface area contributed by atoms with Gasteiger partial charge in [0.1, 0.15) is 6.04 Å². The minimum absolute atomic E-state index is 0.754. The fourth-order valence-corrected chi connectivity index (χ4v) is 2.63. The molecule has 1 aliphatic rings. The molecule has 1 atom stereocenters. The Morgan fingerprint density at radius 2 is 2.20 bits per heavy atom. The summed E-state index contributed by atoms with van der Waals surface area (Å²) < 4.78 is 0.912. The highest BCUT2D eigenvalue weighted by Crippen LogP contribution is 2.31. The summed E-state index contributed by atoms with van der Waals surface area (Å²) in [6.45, 7) is 0. The molecule has 1 aliphatic carbocycles. The van der Waals surface area contributed by atoms with Crippen molar-refractivity contribution in [2.75, 3.05) is 0 Å². The number of hydrogen-bond acceptors (Lipinski definition) is 2. The normalized spacial score (nSPS) is 16.1. The molecule has 0 amide bonds. The molecule has 15 heavy (non-hydrogen) atoms. The van der Waals surface area contributed by atoms with Crippen molar-refractivity contribution in [1.82, 2.24) is 0 Å². The van der Waals surface area contributed by atoms with Crippen molar-refractivity contribution in [3.63, 3.8) is 0 Å². The molecule has 2 rings (SSSR count). The summed E-state index contributed by atoms with van der Waals surface area (Å²) in [7, 11) is 0. The zero-order chi connectivity index (χ0) is 11.0. The molecular weight excluding hydrogens is 258 g/mol. The number of aryl methyl sites for hydroxylation is 1. The highest BCUT2D eigenvalue weighted by molar-refractivity contribution is 9.10. The van der Waals surface area contributed by atoms with E-state index in [0.29, 0.717) is 0 Å². The minimum Gasteiger partial charge on any atom is -0.480 e. The standard InChI is InChI=1S/C11H12BrNO2/c12-7-4-6-2-1-3-8(6)9(5-7)10(13)11(14)15/h4-5,10H,1-3,13H2,(H,14,15). The fourth-order valence-electron chi connectivity index (χ4n) is 2.11. The van der Waals surface area contributed by atoms with Gasteiger partial charge in [0.2, 0.25) is 0 Å². The number of carbonyl (C=O) groups is 1. The number of hydrogen-bond donors (Lipinski definition) is 2. The first-order valence-electron chi connectivity index (χ1n) is 4.89. The van der Waals surface area contributed by atoms with Crippen LogP contribution in [0.4, 0.5) is 0 Å². The van der Waals surface area contributed by atoms with Gasteiger partial charge in [-0.25, -0.2) is 0 Å². The van der Waals surface area contributed by atoms with Crippen molar-refractivity contribution in [2.45, 2.75) is 25.3 Å². The fraction of sp³-hybridized carbons (Fsp3) is 0.364.